The lowest BCUT2D eigenvalue weighted by Crippen LogP contribution is -2.20. The smallest absolute Gasteiger partial charge is 0.148 e. The Morgan fingerprint density at radius 2 is 1.42 bits per heavy atom. The minimum absolute atomic E-state index is 0.502. The van der Waals surface area contributed by atoms with Gasteiger partial charge in [0.25, 0.3) is 0 Å². The van der Waals surface area contributed by atoms with Gasteiger partial charge >= 0.3 is 0 Å². The average molecular weight is 265 g/mol. The van der Waals surface area contributed by atoms with E-state index in [9.17, 15) is 0 Å². The molecule has 0 bridgehead atoms. The first kappa shape index (κ1) is 17.9. The highest BCUT2D eigenvalue weighted by Crippen LogP contribution is 2.17. The molecular weight excluding hydrogens is 234 g/mol. The molecule has 1 N–H and O–H groups in total. The SMILES string of the molecule is CC.CCc1nc(NC(CC)CC)c(CC)nc1C. The van der Waals surface area contributed by atoms with Crippen LogP contribution in [-0.4, -0.2) is 16.0 Å². The molecule has 0 amide bonds. The fraction of sp³-hybridized carbons (Fsp3) is 0.750. The number of rotatable bonds is 6. The minimum atomic E-state index is 0.502. The van der Waals surface area contributed by atoms with Crippen molar-refractivity contribution in [3.05, 3.63) is 17.1 Å². The Morgan fingerprint density at radius 1 is 0.895 bits per heavy atom. The number of nitrogens with one attached hydrogen (secondary N) is 1. The Bertz CT molecular complexity index is 357. The molecule has 0 fully saturated rings. The third-order valence-corrected chi connectivity index (χ3v) is 3.24. The summed E-state index contributed by atoms with van der Waals surface area (Å²) in [6.07, 6.45) is 4.12. The van der Waals surface area contributed by atoms with Crippen molar-refractivity contribution in [2.75, 3.05) is 5.32 Å². The van der Waals surface area contributed by atoms with Crippen LogP contribution in [0, 0.1) is 6.92 Å². The molecule has 0 saturated carbocycles. The van der Waals surface area contributed by atoms with E-state index >= 15 is 0 Å². The van der Waals surface area contributed by atoms with Crippen molar-refractivity contribution < 1.29 is 0 Å². The number of anilines is 1. The van der Waals surface area contributed by atoms with Crippen LogP contribution in [0.15, 0.2) is 0 Å². The summed E-state index contributed by atoms with van der Waals surface area (Å²) in [6.45, 7) is 14.7. The van der Waals surface area contributed by atoms with Gasteiger partial charge in [-0.05, 0) is 32.6 Å². The first-order chi connectivity index (χ1) is 9.15. The van der Waals surface area contributed by atoms with E-state index in [1.54, 1.807) is 0 Å². The van der Waals surface area contributed by atoms with Crippen molar-refractivity contribution in [3.63, 3.8) is 0 Å². The summed E-state index contributed by atoms with van der Waals surface area (Å²) in [7, 11) is 0. The van der Waals surface area contributed by atoms with Crippen molar-refractivity contribution in [2.24, 2.45) is 0 Å². The Labute approximate surface area is 119 Å². The summed E-state index contributed by atoms with van der Waals surface area (Å²) >= 11 is 0. The standard InChI is InChI=1S/C14H25N3.C2H6/c1-6-11(7-2)16-14-13(9-4)15-10(5)12(8-3)17-14;1-2/h11H,6-9H2,1-5H3,(H,16,17);1-2H3. The van der Waals surface area contributed by atoms with Gasteiger partial charge in [0.05, 0.1) is 17.1 Å². The van der Waals surface area contributed by atoms with Crippen LogP contribution in [0.1, 0.15) is 71.5 Å². The molecule has 19 heavy (non-hydrogen) atoms. The van der Waals surface area contributed by atoms with Crippen molar-refractivity contribution in [1.29, 1.82) is 0 Å². The molecular formula is C16H31N3. The van der Waals surface area contributed by atoms with Crippen LogP contribution in [0.4, 0.5) is 5.82 Å². The highest BCUT2D eigenvalue weighted by molar-refractivity contribution is 5.43. The molecule has 3 heteroatoms. The molecule has 3 nitrogen and oxygen atoms in total. The van der Waals surface area contributed by atoms with Crippen LogP contribution in [0.5, 0.6) is 0 Å². The van der Waals surface area contributed by atoms with E-state index in [1.165, 1.54) is 0 Å². The Kier molecular flexibility index (Phi) is 9.19. The van der Waals surface area contributed by atoms with E-state index in [0.717, 1.165) is 48.6 Å². The number of aromatic nitrogens is 2. The quantitative estimate of drug-likeness (QED) is 0.820. The van der Waals surface area contributed by atoms with Crippen molar-refractivity contribution >= 4 is 5.82 Å². The van der Waals surface area contributed by atoms with Gasteiger partial charge in [0.15, 0.2) is 0 Å². The average Bonchev–Trinajstić information content (AvgIpc) is 2.47. The number of nitrogens with zero attached hydrogens (tertiary/aromatic N) is 2. The summed E-state index contributed by atoms with van der Waals surface area (Å²) < 4.78 is 0. The van der Waals surface area contributed by atoms with Gasteiger partial charge in [-0.3, -0.25) is 4.98 Å². The second-order valence-electron chi connectivity index (χ2n) is 4.42. The van der Waals surface area contributed by atoms with Gasteiger partial charge in [-0.15, -0.1) is 0 Å². The first-order valence-electron chi connectivity index (χ1n) is 7.79. The highest BCUT2D eigenvalue weighted by atomic mass is 15.0. The van der Waals surface area contributed by atoms with Crippen LogP contribution < -0.4 is 5.32 Å². The maximum Gasteiger partial charge on any atom is 0.148 e. The van der Waals surface area contributed by atoms with Gasteiger partial charge < -0.3 is 5.32 Å². The molecule has 1 aromatic heterocycles. The number of hydrogen-bond acceptors (Lipinski definition) is 3. The Balaban J connectivity index is 0.00000154. The van der Waals surface area contributed by atoms with E-state index in [0.29, 0.717) is 6.04 Å². The largest absolute Gasteiger partial charge is 0.366 e. The van der Waals surface area contributed by atoms with Gasteiger partial charge in [-0.25, -0.2) is 4.98 Å². The third kappa shape index (κ3) is 5.17. The molecule has 0 atom stereocenters. The highest BCUT2D eigenvalue weighted by Gasteiger charge is 2.11. The zero-order valence-electron chi connectivity index (χ0n) is 13.8. The zero-order valence-corrected chi connectivity index (χ0v) is 13.8. The molecule has 0 aliphatic rings. The van der Waals surface area contributed by atoms with Crippen LogP contribution in [0.25, 0.3) is 0 Å². The van der Waals surface area contributed by atoms with Gasteiger partial charge in [0.1, 0.15) is 5.82 Å². The lowest BCUT2D eigenvalue weighted by molar-refractivity contribution is 0.664. The molecule has 1 rings (SSSR count). The molecule has 0 aromatic carbocycles. The van der Waals surface area contributed by atoms with Gasteiger partial charge in [-0.2, -0.15) is 0 Å². The lowest BCUT2D eigenvalue weighted by atomic mass is 10.1. The second kappa shape index (κ2) is 9.76. The van der Waals surface area contributed by atoms with E-state index in [1.807, 2.05) is 20.8 Å². The topological polar surface area (TPSA) is 37.8 Å². The molecule has 0 spiro atoms. The summed E-state index contributed by atoms with van der Waals surface area (Å²) in [5, 5.41) is 3.53. The normalized spacial score (nSPS) is 10.1. The molecule has 110 valence electrons. The predicted molar refractivity (Wildman–Crippen MR) is 84.9 cm³/mol. The monoisotopic (exact) mass is 265 g/mol. The molecule has 1 heterocycles. The zero-order chi connectivity index (χ0) is 14.8. The van der Waals surface area contributed by atoms with E-state index < -0.39 is 0 Å². The maximum absolute atomic E-state index is 4.72. The van der Waals surface area contributed by atoms with Crippen LogP contribution in [-0.2, 0) is 12.8 Å². The molecule has 0 unspecified atom stereocenters. The summed E-state index contributed by atoms with van der Waals surface area (Å²) in [5.74, 6) is 0.989. The lowest BCUT2D eigenvalue weighted by Gasteiger charge is -2.18. The van der Waals surface area contributed by atoms with Gasteiger partial charge in [0.2, 0.25) is 0 Å². The van der Waals surface area contributed by atoms with Crippen LogP contribution in [0.2, 0.25) is 0 Å². The number of hydrogen-bond donors (Lipinski definition) is 1. The summed E-state index contributed by atoms with van der Waals surface area (Å²) in [6, 6.07) is 0.502. The van der Waals surface area contributed by atoms with Gasteiger partial charge in [-0.1, -0.05) is 41.5 Å². The summed E-state index contributed by atoms with van der Waals surface area (Å²) in [5.41, 5.74) is 3.27. The van der Waals surface area contributed by atoms with E-state index in [4.69, 9.17) is 4.98 Å². The van der Waals surface area contributed by atoms with E-state index in [2.05, 4.69) is 38.0 Å². The first-order valence-corrected chi connectivity index (χ1v) is 7.79. The molecule has 0 aliphatic heterocycles. The molecule has 1 aromatic rings. The van der Waals surface area contributed by atoms with Crippen LogP contribution in [0.3, 0.4) is 0 Å². The van der Waals surface area contributed by atoms with E-state index in [-0.39, 0.29) is 0 Å². The Hall–Kier alpha value is -1.12. The third-order valence-electron chi connectivity index (χ3n) is 3.24. The molecule has 0 saturated heterocycles. The molecule has 0 aliphatic carbocycles. The summed E-state index contributed by atoms with van der Waals surface area (Å²) in [4.78, 5) is 9.38. The minimum Gasteiger partial charge on any atom is -0.366 e. The fourth-order valence-electron chi connectivity index (χ4n) is 1.98. The molecule has 0 radical (unpaired) electrons. The van der Waals surface area contributed by atoms with Crippen molar-refractivity contribution in [3.8, 4) is 0 Å². The predicted octanol–water partition coefficient (Wildman–Crippen LogP) is 4.54. The van der Waals surface area contributed by atoms with Crippen LogP contribution >= 0.6 is 0 Å². The Morgan fingerprint density at radius 3 is 1.84 bits per heavy atom. The number of aryl methyl sites for hydroxylation is 3. The van der Waals surface area contributed by atoms with Crippen molar-refractivity contribution in [2.45, 2.75) is 80.2 Å². The van der Waals surface area contributed by atoms with Crippen molar-refractivity contribution in [1.82, 2.24) is 9.97 Å². The van der Waals surface area contributed by atoms with Gasteiger partial charge in [0, 0.05) is 6.04 Å². The second-order valence-corrected chi connectivity index (χ2v) is 4.42. The fourth-order valence-corrected chi connectivity index (χ4v) is 1.98. The maximum atomic E-state index is 4.72.